The van der Waals surface area contributed by atoms with Crippen LogP contribution in [0.3, 0.4) is 0 Å². The van der Waals surface area contributed by atoms with Gasteiger partial charge in [-0.3, -0.25) is 0 Å². The molecule has 0 spiro atoms. The Kier molecular flexibility index (Phi) is 6.67. The maximum Gasteiger partial charge on any atom is 0.138 e. The molecule has 3 atom stereocenters. The molecule has 0 amide bonds. The van der Waals surface area contributed by atoms with Gasteiger partial charge in [-0.1, -0.05) is 140 Å². The third-order valence-electron chi connectivity index (χ3n) is 11.8. The minimum atomic E-state index is 0.285. The van der Waals surface area contributed by atoms with Crippen molar-refractivity contribution in [3.05, 3.63) is 197 Å². The molecule has 0 N–H and O–H groups in total. The van der Waals surface area contributed by atoms with Gasteiger partial charge in [-0.05, 0) is 93.6 Å². The number of hydrogen-bond acceptors (Lipinski definition) is 2. The van der Waals surface area contributed by atoms with Crippen molar-refractivity contribution in [2.75, 3.05) is 0 Å². The highest BCUT2D eigenvalue weighted by Gasteiger charge is 2.31. The monoisotopic (exact) mass is 668 g/mol. The molecular formula is C50H36O2. The third-order valence-corrected chi connectivity index (χ3v) is 11.8. The zero-order valence-electron chi connectivity index (χ0n) is 28.8. The van der Waals surface area contributed by atoms with Crippen LogP contribution in [-0.4, -0.2) is 0 Å². The van der Waals surface area contributed by atoms with Crippen LogP contribution in [0.15, 0.2) is 173 Å². The van der Waals surface area contributed by atoms with E-state index >= 15 is 0 Å². The highest BCUT2D eigenvalue weighted by atomic mass is 16.3. The topological polar surface area (TPSA) is 26.3 Å². The molecule has 0 aliphatic heterocycles. The van der Waals surface area contributed by atoms with Gasteiger partial charge in [0.15, 0.2) is 0 Å². The highest BCUT2D eigenvalue weighted by Crippen LogP contribution is 2.49. The van der Waals surface area contributed by atoms with Gasteiger partial charge in [-0.15, -0.1) is 0 Å². The first-order valence-corrected chi connectivity index (χ1v) is 18.5. The Balaban J connectivity index is 1.03. The molecule has 0 saturated carbocycles. The lowest BCUT2D eigenvalue weighted by Crippen LogP contribution is -2.12. The van der Waals surface area contributed by atoms with E-state index in [1.165, 1.54) is 71.4 Å². The SMILES string of the molecule is C1=C(c2ccc3oc4c(c3c2)CC(c2ccccc2)c2ccccc2-4)CC(c2ccc3c(c2)oc2ccccc23)CC1c1ccc2ccccc2c1. The summed E-state index contributed by atoms with van der Waals surface area (Å²) < 4.78 is 13.1. The van der Waals surface area contributed by atoms with Gasteiger partial charge < -0.3 is 8.83 Å². The van der Waals surface area contributed by atoms with E-state index in [2.05, 4.69) is 158 Å². The van der Waals surface area contributed by atoms with Crippen LogP contribution in [0.1, 0.15) is 64.0 Å². The maximum absolute atomic E-state index is 6.70. The van der Waals surface area contributed by atoms with Crippen LogP contribution in [0.5, 0.6) is 0 Å². The lowest BCUT2D eigenvalue weighted by atomic mass is 9.74. The van der Waals surface area contributed by atoms with Gasteiger partial charge in [-0.2, -0.15) is 0 Å². The summed E-state index contributed by atoms with van der Waals surface area (Å²) in [4.78, 5) is 0. The lowest BCUT2D eigenvalue weighted by Gasteiger charge is -2.30. The zero-order valence-corrected chi connectivity index (χ0v) is 28.8. The first kappa shape index (κ1) is 29.6. The van der Waals surface area contributed by atoms with Crippen molar-refractivity contribution in [3.63, 3.8) is 0 Å². The average Bonchev–Trinajstić information content (AvgIpc) is 3.78. The van der Waals surface area contributed by atoms with Crippen molar-refractivity contribution in [1.82, 2.24) is 0 Å². The molecule has 2 aliphatic carbocycles. The van der Waals surface area contributed by atoms with Gasteiger partial charge in [0, 0.05) is 39.1 Å². The van der Waals surface area contributed by atoms with Crippen molar-refractivity contribution in [2.45, 2.75) is 37.0 Å². The number of hydrogen-bond donors (Lipinski definition) is 0. The Morgan fingerprint density at radius 2 is 1.25 bits per heavy atom. The summed E-state index contributed by atoms with van der Waals surface area (Å²) in [5.74, 6) is 1.95. The van der Waals surface area contributed by atoms with Crippen LogP contribution in [0.4, 0.5) is 0 Å². The second kappa shape index (κ2) is 11.7. The first-order valence-electron chi connectivity index (χ1n) is 18.5. The molecule has 2 aromatic heterocycles. The summed E-state index contributed by atoms with van der Waals surface area (Å²) in [7, 11) is 0. The minimum Gasteiger partial charge on any atom is -0.456 e. The van der Waals surface area contributed by atoms with E-state index in [0.717, 1.165) is 41.8 Å². The molecule has 0 radical (unpaired) electrons. The molecule has 0 fully saturated rings. The van der Waals surface area contributed by atoms with E-state index in [9.17, 15) is 0 Å². The standard InChI is InChI=1S/C50H36O2/c1-2-11-32(12-3-1)44-30-46-45-28-35(21-23-48(45)52-50(46)43-16-7-6-14-40(43)44)38-25-37(34-19-18-31-10-4-5-13-33(31)24-34)26-39(27-38)36-20-22-42-41-15-8-9-17-47(41)51-49(42)29-36/h1-25,28-29,37,39,44H,26-27,30H2. The molecule has 2 nitrogen and oxygen atoms in total. The average molecular weight is 669 g/mol. The van der Waals surface area contributed by atoms with E-state index < -0.39 is 0 Å². The van der Waals surface area contributed by atoms with Gasteiger partial charge in [0.05, 0.1) is 0 Å². The minimum absolute atomic E-state index is 0.285. The fourth-order valence-corrected chi connectivity index (χ4v) is 9.24. The molecule has 248 valence electrons. The molecule has 2 heteroatoms. The van der Waals surface area contributed by atoms with Crippen LogP contribution in [-0.2, 0) is 6.42 Å². The number of furan rings is 2. The van der Waals surface area contributed by atoms with E-state index in [1.54, 1.807) is 0 Å². The number of rotatable bonds is 4. The van der Waals surface area contributed by atoms with E-state index in [4.69, 9.17) is 8.83 Å². The van der Waals surface area contributed by atoms with Crippen molar-refractivity contribution >= 4 is 49.3 Å². The van der Waals surface area contributed by atoms with Crippen LogP contribution in [0.2, 0.25) is 0 Å². The molecule has 0 bridgehead atoms. The quantitative estimate of drug-likeness (QED) is 0.187. The Labute approximate surface area is 302 Å². The number of para-hydroxylation sites is 1. The van der Waals surface area contributed by atoms with Gasteiger partial charge in [0.25, 0.3) is 0 Å². The van der Waals surface area contributed by atoms with Crippen molar-refractivity contribution < 1.29 is 8.83 Å². The Hall–Kier alpha value is -6.12. The first-order chi connectivity index (χ1) is 25.7. The molecule has 52 heavy (non-hydrogen) atoms. The third kappa shape index (κ3) is 4.78. The summed E-state index contributed by atoms with van der Waals surface area (Å²) in [6.07, 6.45) is 5.49. The molecular weight excluding hydrogens is 633 g/mol. The summed E-state index contributed by atoms with van der Waals surface area (Å²) in [6.45, 7) is 0. The molecule has 0 saturated heterocycles. The Morgan fingerprint density at radius 3 is 2.19 bits per heavy atom. The molecule has 7 aromatic carbocycles. The highest BCUT2D eigenvalue weighted by molar-refractivity contribution is 6.05. The van der Waals surface area contributed by atoms with Crippen LogP contribution >= 0.6 is 0 Å². The summed E-state index contributed by atoms with van der Waals surface area (Å²) >= 11 is 0. The van der Waals surface area contributed by atoms with Crippen molar-refractivity contribution in [2.24, 2.45) is 0 Å². The van der Waals surface area contributed by atoms with Crippen LogP contribution in [0.25, 0.3) is 60.6 Å². The number of fused-ring (bicyclic) bond motifs is 9. The second-order valence-corrected chi connectivity index (χ2v) is 14.8. The van der Waals surface area contributed by atoms with Crippen molar-refractivity contribution in [1.29, 1.82) is 0 Å². The maximum atomic E-state index is 6.70. The molecule has 3 unspecified atom stereocenters. The Bertz CT molecular complexity index is 2850. The fraction of sp³-hybridized carbons (Fsp3) is 0.120. The smallest absolute Gasteiger partial charge is 0.138 e. The fourth-order valence-electron chi connectivity index (χ4n) is 9.24. The van der Waals surface area contributed by atoms with E-state index in [0.29, 0.717) is 5.92 Å². The van der Waals surface area contributed by atoms with Crippen LogP contribution < -0.4 is 0 Å². The molecule has 2 aliphatic rings. The lowest BCUT2D eigenvalue weighted by molar-refractivity contribution is 0.575. The largest absolute Gasteiger partial charge is 0.456 e. The molecule has 11 rings (SSSR count). The summed E-state index contributed by atoms with van der Waals surface area (Å²) in [5.41, 5.74) is 13.5. The second-order valence-electron chi connectivity index (χ2n) is 14.8. The van der Waals surface area contributed by atoms with E-state index in [-0.39, 0.29) is 11.8 Å². The summed E-state index contributed by atoms with van der Waals surface area (Å²) in [5, 5.41) is 6.17. The van der Waals surface area contributed by atoms with Crippen LogP contribution in [0, 0.1) is 0 Å². The van der Waals surface area contributed by atoms with E-state index in [1.807, 2.05) is 6.07 Å². The number of allylic oxidation sites excluding steroid dienone is 2. The van der Waals surface area contributed by atoms with Gasteiger partial charge in [0.1, 0.15) is 22.5 Å². The number of benzene rings is 7. The normalized spacial score (nSPS) is 18.5. The predicted octanol–water partition coefficient (Wildman–Crippen LogP) is 13.6. The van der Waals surface area contributed by atoms with Crippen molar-refractivity contribution in [3.8, 4) is 11.3 Å². The predicted molar refractivity (Wildman–Crippen MR) is 214 cm³/mol. The summed E-state index contributed by atoms with van der Waals surface area (Å²) in [6, 6.07) is 57.6. The zero-order chi connectivity index (χ0) is 34.2. The van der Waals surface area contributed by atoms with Gasteiger partial charge in [-0.25, -0.2) is 0 Å². The molecule has 2 heterocycles. The van der Waals surface area contributed by atoms with Gasteiger partial charge >= 0.3 is 0 Å². The molecule has 9 aromatic rings. The Morgan fingerprint density at radius 1 is 0.481 bits per heavy atom. The van der Waals surface area contributed by atoms with Gasteiger partial charge in [0.2, 0.25) is 0 Å².